The SMILES string of the molecule is C=CCC(C)NC(=O)c1ccc2c(c1)CNC2. The van der Waals surface area contributed by atoms with E-state index in [9.17, 15) is 4.79 Å². The molecule has 1 atom stereocenters. The molecule has 1 unspecified atom stereocenters. The van der Waals surface area contributed by atoms with Crippen LogP contribution in [0.4, 0.5) is 0 Å². The number of carbonyl (C=O) groups is 1. The Hall–Kier alpha value is -1.61. The largest absolute Gasteiger partial charge is 0.349 e. The molecule has 0 saturated heterocycles. The molecule has 0 aliphatic carbocycles. The quantitative estimate of drug-likeness (QED) is 0.777. The maximum Gasteiger partial charge on any atom is 0.251 e. The predicted molar refractivity (Wildman–Crippen MR) is 68.7 cm³/mol. The van der Waals surface area contributed by atoms with Gasteiger partial charge >= 0.3 is 0 Å². The molecule has 2 rings (SSSR count). The van der Waals surface area contributed by atoms with Gasteiger partial charge in [-0.2, -0.15) is 0 Å². The summed E-state index contributed by atoms with van der Waals surface area (Å²) in [6.45, 7) is 7.42. The van der Waals surface area contributed by atoms with Crippen molar-refractivity contribution < 1.29 is 4.79 Å². The first kappa shape index (κ1) is 11.9. The average Bonchev–Trinajstić information content (AvgIpc) is 2.75. The lowest BCUT2D eigenvalue weighted by Gasteiger charge is -2.12. The monoisotopic (exact) mass is 230 g/mol. The molecule has 3 heteroatoms. The van der Waals surface area contributed by atoms with Gasteiger partial charge in [0.25, 0.3) is 5.91 Å². The van der Waals surface area contributed by atoms with Gasteiger partial charge in [0.15, 0.2) is 0 Å². The van der Waals surface area contributed by atoms with Gasteiger partial charge in [-0.05, 0) is 36.6 Å². The number of hydrogen-bond donors (Lipinski definition) is 2. The summed E-state index contributed by atoms with van der Waals surface area (Å²) in [5.74, 6) is -0.00551. The second-order valence-corrected chi connectivity index (χ2v) is 4.49. The molecule has 0 bridgehead atoms. The fourth-order valence-corrected chi connectivity index (χ4v) is 2.05. The highest BCUT2D eigenvalue weighted by molar-refractivity contribution is 5.94. The second kappa shape index (κ2) is 5.15. The molecule has 3 nitrogen and oxygen atoms in total. The maximum atomic E-state index is 12.0. The zero-order valence-electron chi connectivity index (χ0n) is 10.1. The van der Waals surface area contributed by atoms with Crippen LogP contribution in [-0.4, -0.2) is 11.9 Å². The molecule has 17 heavy (non-hydrogen) atoms. The molecule has 0 radical (unpaired) electrons. The minimum absolute atomic E-state index is 0.00551. The first-order valence-electron chi connectivity index (χ1n) is 5.95. The fourth-order valence-electron chi connectivity index (χ4n) is 2.05. The topological polar surface area (TPSA) is 41.1 Å². The van der Waals surface area contributed by atoms with Crippen molar-refractivity contribution in [2.45, 2.75) is 32.5 Å². The number of rotatable bonds is 4. The van der Waals surface area contributed by atoms with Crippen LogP contribution in [0.5, 0.6) is 0 Å². The van der Waals surface area contributed by atoms with Crippen molar-refractivity contribution in [2.75, 3.05) is 0 Å². The predicted octanol–water partition coefficient (Wildman–Crippen LogP) is 1.98. The Balaban J connectivity index is 2.07. The molecule has 0 saturated carbocycles. The molecule has 0 aromatic heterocycles. The summed E-state index contributed by atoms with van der Waals surface area (Å²) >= 11 is 0. The summed E-state index contributed by atoms with van der Waals surface area (Å²) in [4.78, 5) is 12.0. The summed E-state index contributed by atoms with van der Waals surface area (Å²) in [5, 5.41) is 6.23. The minimum atomic E-state index is -0.00551. The Morgan fingerprint density at radius 3 is 3.06 bits per heavy atom. The van der Waals surface area contributed by atoms with Gasteiger partial charge in [-0.25, -0.2) is 0 Å². The highest BCUT2D eigenvalue weighted by Crippen LogP contribution is 2.17. The average molecular weight is 230 g/mol. The number of hydrogen-bond acceptors (Lipinski definition) is 2. The normalized spacial score (nSPS) is 15.1. The summed E-state index contributed by atoms with van der Waals surface area (Å²) in [6.07, 6.45) is 2.61. The first-order valence-corrected chi connectivity index (χ1v) is 5.95. The molecule has 1 heterocycles. The van der Waals surface area contributed by atoms with Crippen LogP contribution < -0.4 is 10.6 Å². The van der Waals surface area contributed by atoms with E-state index in [-0.39, 0.29) is 11.9 Å². The molecule has 0 fully saturated rings. The van der Waals surface area contributed by atoms with Gasteiger partial charge in [0.1, 0.15) is 0 Å². The van der Waals surface area contributed by atoms with E-state index in [4.69, 9.17) is 0 Å². The third-order valence-electron chi connectivity index (χ3n) is 3.00. The van der Waals surface area contributed by atoms with E-state index in [0.717, 1.165) is 25.1 Å². The van der Waals surface area contributed by atoms with Gasteiger partial charge < -0.3 is 10.6 Å². The van der Waals surface area contributed by atoms with Crippen molar-refractivity contribution in [3.63, 3.8) is 0 Å². The van der Waals surface area contributed by atoms with Gasteiger partial charge in [-0.3, -0.25) is 4.79 Å². The van der Waals surface area contributed by atoms with Crippen LogP contribution in [0.25, 0.3) is 0 Å². The molecule has 1 amide bonds. The van der Waals surface area contributed by atoms with Gasteiger partial charge in [-0.15, -0.1) is 6.58 Å². The molecule has 0 spiro atoms. The molecular weight excluding hydrogens is 212 g/mol. The van der Waals surface area contributed by atoms with Crippen LogP contribution in [0, 0.1) is 0 Å². The minimum Gasteiger partial charge on any atom is -0.349 e. The summed E-state index contributed by atoms with van der Waals surface area (Å²) < 4.78 is 0. The number of benzene rings is 1. The van der Waals surface area contributed by atoms with Crippen molar-refractivity contribution in [1.82, 2.24) is 10.6 Å². The van der Waals surface area contributed by atoms with Crippen molar-refractivity contribution in [2.24, 2.45) is 0 Å². The third kappa shape index (κ3) is 2.74. The summed E-state index contributed by atoms with van der Waals surface area (Å²) in [5.41, 5.74) is 3.26. The van der Waals surface area contributed by atoms with Gasteiger partial charge in [0, 0.05) is 24.7 Å². The molecular formula is C14H18N2O. The van der Waals surface area contributed by atoms with E-state index in [0.29, 0.717) is 0 Å². The Kier molecular flexibility index (Phi) is 3.59. The van der Waals surface area contributed by atoms with Crippen molar-refractivity contribution >= 4 is 5.91 Å². The van der Waals surface area contributed by atoms with E-state index in [1.54, 1.807) is 0 Å². The number of amides is 1. The Morgan fingerprint density at radius 2 is 2.29 bits per heavy atom. The lowest BCUT2D eigenvalue weighted by molar-refractivity contribution is 0.0940. The maximum absolute atomic E-state index is 12.0. The van der Waals surface area contributed by atoms with Crippen molar-refractivity contribution in [3.05, 3.63) is 47.5 Å². The van der Waals surface area contributed by atoms with E-state index in [1.807, 2.05) is 31.2 Å². The Labute approximate surface area is 102 Å². The van der Waals surface area contributed by atoms with Crippen LogP contribution in [0.2, 0.25) is 0 Å². The smallest absolute Gasteiger partial charge is 0.251 e. The molecule has 1 aromatic rings. The molecule has 1 aliphatic rings. The summed E-state index contributed by atoms with van der Waals surface area (Å²) in [7, 11) is 0. The number of fused-ring (bicyclic) bond motifs is 1. The van der Waals surface area contributed by atoms with E-state index in [1.165, 1.54) is 11.1 Å². The number of nitrogens with one attached hydrogen (secondary N) is 2. The lowest BCUT2D eigenvalue weighted by Crippen LogP contribution is -2.32. The first-order chi connectivity index (χ1) is 8.20. The van der Waals surface area contributed by atoms with Gasteiger partial charge in [-0.1, -0.05) is 12.1 Å². The van der Waals surface area contributed by atoms with Crippen molar-refractivity contribution in [3.8, 4) is 0 Å². The van der Waals surface area contributed by atoms with Crippen LogP contribution in [0.3, 0.4) is 0 Å². The third-order valence-corrected chi connectivity index (χ3v) is 3.00. The molecule has 2 N–H and O–H groups in total. The van der Waals surface area contributed by atoms with Gasteiger partial charge in [0.05, 0.1) is 0 Å². The molecule has 90 valence electrons. The van der Waals surface area contributed by atoms with E-state index < -0.39 is 0 Å². The molecule has 1 aromatic carbocycles. The Morgan fingerprint density at radius 1 is 1.53 bits per heavy atom. The zero-order chi connectivity index (χ0) is 12.3. The fraction of sp³-hybridized carbons (Fsp3) is 0.357. The highest BCUT2D eigenvalue weighted by atomic mass is 16.1. The highest BCUT2D eigenvalue weighted by Gasteiger charge is 2.14. The lowest BCUT2D eigenvalue weighted by atomic mass is 10.1. The summed E-state index contributed by atoms with van der Waals surface area (Å²) in [6, 6.07) is 6.03. The van der Waals surface area contributed by atoms with Crippen LogP contribution >= 0.6 is 0 Å². The van der Waals surface area contributed by atoms with Crippen molar-refractivity contribution in [1.29, 1.82) is 0 Å². The standard InChI is InChI=1S/C14H18N2O/c1-3-4-10(2)16-14(17)11-5-6-12-8-15-9-13(12)7-11/h3,5-7,10,15H,1,4,8-9H2,2H3,(H,16,17). The van der Waals surface area contributed by atoms with Crippen LogP contribution in [-0.2, 0) is 13.1 Å². The number of carbonyl (C=O) groups excluding carboxylic acids is 1. The Bertz CT molecular complexity index is 440. The molecule has 1 aliphatic heterocycles. The van der Waals surface area contributed by atoms with E-state index in [2.05, 4.69) is 17.2 Å². The van der Waals surface area contributed by atoms with Crippen LogP contribution in [0.1, 0.15) is 34.8 Å². The second-order valence-electron chi connectivity index (χ2n) is 4.49. The van der Waals surface area contributed by atoms with Crippen LogP contribution in [0.15, 0.2) is 30.9 Å². The zero-order valence-corrected chi connectivity index (χ0v) is 10.1. The van der Waals surface area contributed by atoms with Gasteiger partial charge in [0.2, 0.25) is 0 Å². The van der Waals surface area contributed by atoms with E-state index >= 15 is 0 Å².